The van der Waals surface area contributed by atoms with Crippen molar-refractivity contribution in [3.63, 3.8) is 0 Å². The van der Waals surface area contributed by atoms with Gasteiger partial charge in [-0.25, -0.2) is 21.6 Å². The van der Waals surface area contributed by atoms with E-state index in [1.54, 1.807) is 24.3 Å². The number of halogens is 3. The molecule has 0 radical (unpaired) electrons. The molecule has 2 aromatic carbocycles. The fourth-order valence-electron chi connectivity index (χ4n) is 2.24. The molecule has 2 aromatic rings. The van der Waals surface area contributed by atoms with Crippen LogP contribution in [0, 0.1) is 24.4 Å². The first kappa shape index (κ1) is 19.8. The van der Waals surface area contributed by atoms with E-state index in [4.69, 9.17) is 0 Å². The van der Waals surface area contributed by atoms with Crippen LogP contribution in [0.2, 0.25) is 0 Å². The lowest BCUT2D eigenvalue weighted by Gasteiger charge is -2.22. The molecule has 0 saturated heterocycles. The minimum Gasteiger partial charge on any atom is -0.323 e. The molecule has 0 aliphatic carbocycles. The Morgan fingerprint density at radius 2 is 1.65 bits per heavy atom. The summed E-state index contributed by atoms with van der Waals surface area (Å²) in [6.07, 6.45) is 0.694. The lowest BCUT2D eigenvalue weighted by Crippen LogP contribution is -2.33. The Labute approximate surface area is 149 Å². The Bertz CT molecular complexity index is 916. The van der Waals surface area contributed by atoms with Crippen molar-refractivity contribution >= 4 is 27.3 Å². The van der Waals surface area contributed by atoms with Crippen LogP contribution < -0.4 is 9.62 Å². The van der Waals surface area contributed by atoms with Crippen LogP contribution >= 0.6 is 0 Å². The monoisotopic (exact) mass is 386 g/mol. The highest BCUT2D eigenvalue weighted by Crippen LogP contribution is 2.21. The number of carbonyl (C=O) groups excluding carboxylic acids is 1. The van der Waals surface area contributed by atoms with Crippen molar-refractivity contribution in [2.75, 3.05) is 22.4 Å². The van der Waals surface area contributed by atoms with E-state index >= 15 is 0 Å². The first-order valence-electron chi connectivity index (χ1n) is 7.57. The number of hydrogen-bond donors (Lipinski definition) is 1. The molecule has 1 N–H and O–H groups in total. The molecular weight excluding hydrogens is 369 g/mol. The Balaban J connectivity index is 2.10. The summed E-state index contributed by atoms with van der Waals surface area (Å²) in [4.78, 5) is 12.0. The smallest absolute Gasteiger partial charge is 0.232 e. The summed E-state index contributed by atoms with van der Waals surface area (Å²) in [5.41, 5.74) is 0.800. The number of benzene rings is 2. The fraction of sp³-hybridized carbons (Fsp3) is 0.235. The van der Waals surface area contributed by atoms with Gasteiger partial charge < -0.3 is 5.32 Å². The second-order valence-corrected chi connectivity index (χ2v) is 7.60. The normalized spacial score (nSPS) is 11.3. The Morgan fingerprint density at radius 1 is 1.04 bits per heavy atom. The van der Waals surface area contributed by atoms with Gasteiger partial charge in [-0.1, -0.05) is 17.7 Å². The molecule has 0 fully saturated rings. The number of rotatable bonds is 6. The molecule has 9 heteroatoms. The number of aryl methyl sites for hydroxylation is 1. The van der Waals surface area contributed by atoms with E-state index in [1.165, 1.54) is 0 Å². The van der Waals surface area contributed by atoms with Gasteiger partial charge in [-0.3, -0.25) is 9.10 Å². The molecule has 1 amide bonds. The van der Waals surface area contributed by atoms with Crippen LogP contribution in [0.15, 0.2) is 36.4 Å². The molecule has 2 rings (SSSR count). The number of hydrogen-bond acceptors (Lipinski definition) is 3. The van der Waals surface area contributed by atoms with Gasteiger partial charge in [0.15, 0.2) is 17.5 Å². The largest absolute Gasteiger partial charge is 0.323 e. The first-order chi connectivity index (χ1) is 12.1. The molecule has 0 bridgehead atoms. The standard InChI is InChI=1S/C17H17F3N2O3S/c1-11-3-5-12(6-4-11)22(26(2,24)25)10-9-15(23)21-14-8-7-13(18)16(19)17(14)20/h3-8H,9-10H2,1-2H3,(H,21,23). The third-order valence-electron chi connectivity index (χ3n) is 3.57. The predicted octanol–water partition coefficient (Wildman–Crippen LogP) is 3.21. The summed E-state index contributed by atoms with van der Waals surface area (Å²) >= 11 is 0. The maximum Gasteiger partial charge on any atom is 0.232 e. The van der Waals surface area contributed by atoms with E-state index in [0.29, 0.717) is 11.8 Å². The topological polar surface area (TPSA) is 66.5 Å². The summed E-state index contributed by atoms with van der Waals surface area (Å²) in [5.74, 6) is -5.32. The molecule has 0 saturated carbocycles. The molecule has 26 heavy (non-hydrogen) atoms. The molecule has 0 atom stereocenters. The molecule has 140 valence electrons. The van der Waals surface area contributed by atoms with E-state index in [-0.39, 0.29) is 13.0 Å². The van der Waals surface area contributed by atoms with Gasteiger partial charge in [0.2, 0.25) is 15.9 Å². The number of sulfonamides is 1. The van der Waals surface area contributed by atoms with Gasteiger partial charge in [0.05, 0.1) is 17.6 Å². The Kier molecular flexibility index (Phi) is 5.91. The summed E-state index contributed by atoms with van der Waals surface area (Å²) < 4.78 is 64.6. The fourth-order valence-corrected chi connectivity index (χ4v) is 3.16. The third-order valence-corrected chi connectivity index (χ3v) is 4.77. The first-order valence-corrected chi connectivity index (χ1v) is 9.42. The molecule has 0 unspecified atom stereocenters. The lowest BCUT2D eigenvalue weighted by atomic mass is 10.2. The van der Waals surface area contributed by atoms with Crippen LogP contribution in [0.3, 0.4) is 0 Å². The molecule has 0 heterocycles. The zero-order chi connectivity index (χ0) is 19.5. The van der Waals surface area contributed by atoms with Gasteiger partial charge in [0.25, 0.3) is 0 Å². The average molecular weight is 386 g/mol. The van der Waals surface area contributed by atoms with Crippen LogP contribution in [-0.4, -0.2) is 27.1 Å². The number of amides is 1. The molecular formula is C17H17F3N2O3S. The second-order valence-electron chi connectivity index (χ2n) is 5.69. The van der Waals surface area contributed by atoms with E-state index in [2.05, 4.69) is 5.32 Å². The van der Waals surface area contributed by atoms with E-state index < -0.39 is 39.1 Å². The summed E-state index contributed by atoms with van der Waals surface area (Å²) in [5, 5.41) is 2.10. The van der Waals surface area contributed by atoms with Crippen molar-refractivity contribution in [3.8, 4) is 0 Å². The number of nitrogens with one attached hydrogen (secondary N) is 1. The van der Waals surface area contributed by atoms with Crippen LogP contribution in [-0.2, 0) is 14.8 Å². The zero-order valence-electron chi connectivity index (χ0n) is 14.1. The van der Waals surface area contributed by atoms with Crippen molar-refractivity contribution < 1.29 is 26.4 Å². The van der Waals surface area contributed by atoms with Crippen LogP contribution in [0.4, 0.5) is 24.5 Å². The summed E-state index contributed by atoms with van der Waals surface area (Å²) in [7, 11) is -3.65. The summed E-state index contributed by atoms with van der Waals surface area (Å²) in [6, 6.07) is 8.23. The quantitative estimate of drug-likeness (QED) is 0.776. The highest BCUT2D eigenvalue weighted by atomic mass is 32.2. The highest BCUT2D eigenvalue weighted by molar-refractivity contribution is 7.92. The average Bonchev–Trinajstić information content (AvgIpc) is 2.56. The Hall–Kier alpha value is -2.55. The number of carbonyl (C=O) groups is 1. The molecule has 0 spiro atoms. The van der Waals surface area contributed by atoms with Crippen LogP contribution in [0.5, 0.6) is 0 Å². The van der Waals surface area contributed by atoms with Crippen LogP contribution in [0.1, 0.15) is 12.0 Å². The number of anilines is 2. The van der Waals surface area contributed by atoms with E-state index in [1.807, 2.05) is 6.92 Å². The number of nitrogens with zero attached hydrogens (tertiary/aromatic N) is 1. The Morgan fingerprint density at radius 3 is 2.23 bits per heavy atom. The molecule has 0 aliphatic rings. The minimum atomic E-state index is -3.65. The SMILES string of the molecule is Cc1ccc(N(CCC(=O)Nc2ccc(F)c(F)c2F)S(C)(=O)=O)cc1. The predicted molar refractivity (Wildman–Crippen MR) is 92.9 cm³/mol. The second kappa shape index (κ2) is 7.77. The maximum atomic E-state index is 13.6. The van der Waals surface area contributed by atoms with Crippen molar-refractivity contribution in [2.24, 2.45) is 0 Å². The summed E-state index contributed by atoms with van der Waals surface area (Å²) in [6.45, 7) is 1.65. The molecule has 0 aromatic heterocycles. The van der Waals surface area contributed by atoms with Gasteiger partial charge in [-0.2, -0.15) is 0 Å². The van der Waals surface area contributed by atoms with Gasteiger partial charge in [-0.05, 0) is 31.2 Å². The van der Waals surface area contributed by atoms with Crippen molar-refractivity contribution in [1.82, 2.24) is 0 Å². The molecule has 0 aliphatic heterocycles. The van der Waals surface area contributed by atoms with Gasteiger partial charge in [0, 0.05) is 13.0 Å². The highest BCUT2D eigenvalue weighted by Gasteiger charge is 2.20. The van der Waals surface area contributed by atoms with Crippen molar-refractivity contribution in [2.45, 2.75) is 13.3 Å². The molecule has 5 nitrogen and oxygen atoms in total. The lowest BCUT2D eigenvalue weighted by molar-refractivity contribution is -0.116. The van der Waals surface area contributed by atoms with Crippen LogP contribution in [0.25, 0.3) is 0 Å². The maximum absolute atomic E-state index is 13.6. The van der Waals surface area contributed by atoms with E-state index in [0.717, 1.165) is 22.2 Å². The third kappa shape index (κ3) is 4.75. The van der Waals surface area contributed by atoms with Gasteiger partial charge >= 0.3 is 0 Å². The van der Waals surface area contributed by atoms with Crippen molar-refractivity contribution in [3.05, 3.63) is 59.4 Å². The van der Waals surface area contributed by atoms with Crippen molar-refractivity contribution in [1.29, 1.82) is 0 Å². The van der Waals surface area contributed by atoms with Gasteiger partial charge in [-0.15, -0.1) is 0 Å². The van der Waals surface area contributed by atoms with E-state index in [9.17, 15) is 26.4 Å². The minimum absolute atomic E-state index is 0.195. The zero-order valence-corrected chi connectivity index (χ0v) is 14.9. The van der Waals surface area contributed by atoms with Gasteiger partial charge in [0.1, 0.15) is 0 Å².